The molecule has 1 heterocycles. The molecular formula is C29H36FN3O7. The average Bonchev–Trinajstić information content (AvgIpc) is 2.85. The molecule has 40 heavy (non-hydrogen) atoms. The van der Waals surface area contributed by atoms with E-state index in [9.17, 15) is 34.2 Å². The number of halogens is 1. The molecule has 11 heteroatoms. The summed E-state index contributed by atoms with van der Waals surface area (Å²) in [5.41, 5.74) is 2.65. The molecule has 1 amide bonds. The van der Waals surface area contributed by atoms with E-state index in [1.807, 2.05) is 0 Å². The molecule has 0 radical (unpaired) electrons. The van der Waals surface area contributed by atoms with Crippen LogP contribution in [-0.2, 0) is 32.1 Å². The first kappa shape index (κ1) is 28.5. The number of benzene rings is 1. The maximum Gasteiger partial charge on any atom is 0.235 e. The van der Waals surface area contributed by atoms with Gasteiger partial charge in [-0.05, 0) is 70.3 Å². The van der Waals surface area contributed by atoms with Gasteiger partial charge in [-0.15, -0.1) is 0 Å². The van der Waals surface area contributed by atoms with Gasteiger partial charge in [0.15, 0.2) is 34.7 Å². The molecule has 1 aromatic rings. The van der Waals surface area contributed by atoms with Crippen LogP contribution < -0.4 is 5.73 Å². The number of phenolic OH excluding ortho intramolecular Hbond substituents is 1. The van der Waals surface area contributed by atoms with E-state index in [1.165, 1.54) is 25.1 Å². The Kier molecular flexibility index (Phi) is 6.79. The molecule has 1 aliphatic heterocycles. The van der Waals surface area contributed by atoms with Crippen molar-refractivity contribution in [2.75, 3.05) is 27.2 Å². The number of carbonyl (C=O) groups is 5. The fourth-order valence-corrected chi connectivity index (χ4v) is 7.38. The normalized spacial score (nSPS) is 33.9. The maximum absolute atomic E-state index is 16.0. The van der Waals surface area contributed by atoms with Gasteiger partial charge >= 0.3 is 0 Å². The van der Waals surface area contributed by atoms with Gasteiger partial charge in [-0.25, -0.2) is 4.39 Å². The highest BCUT2D eigenvalue weighted by atomic mass is 19.1. The number of Topliss-reactive ketones (excluding diaryl/α,β-unsaturated/α-hetero) is 4. The number of phenols is 1. The zero-order chi connectivity index (χ0) is 29.5. The largest absolute Gasteiger partial charge is 0.507 e. The van der Waals surface area contributed by atoms with Crippen LogP contribution in [0.2, 0.25) is 0 Å². The summed E-state index contributed by atoms with van der Waals surface area (Å²) in [5.74, 6) is -12.2. The molecule has 4 aliphatic rings. The lowest BCUT2D eigenvalue weighted by Gasteiger charge is -2.52. The van der Waals surface area contributed by atoms with Crippen molar-refractivity contribution in [2.24, 2.45) is 34.8 Å². The SMILES string of the molecule is CN(C)[C@@H]1C(=O)C(C(N)=O)C(=O)[C@@]2(O)C(=O)C3C(=O)c4c(O)cc(CN5CCC(C)(C)CC5)c(F)c4C[C@H]3C[C@@H]12. The van der Waals surface area contributed by atoms with Crippen LogP contribution in [0, 0.1) is 34.9 Å². The minimum Gasteiger partial charge on any atom is -0.507 e. The number of ketones is 4. The number of nitrogens with zero attached hydrogens (tertiary/aromatic N) is 2. The summed E-state index contributed by atoms with van der Waals surface area (Å²) in [7, 11) is 3.03. The van der Waals surface area contributed by atoms with Gasteiger partial charge in [-0.2, -0.15) is 0 Å². The van der Waals surface area contributed by atoms with E-state index in [1.54, 1.807) is 0 Å². The molecule has 216 valence electrons. The molecular weight excluding hydrogens is 521 g/mol. The first-order chi connectivity index (χ1) is 18.6. The molecule has 2 saturated carbocycles. The summed E-state index contributed by atoms with van der Waals surface area (Å²) in [4.78, 5) is 69.5. The van der Waals surface area contributed by atoms with E-state index in [0.29, 0.717) is 0 Å². The van der Waals surface area contributed by atoms with Crippen LogP contribution >= 0.6 is 0 Å². The quantitative estimate of drug-likeness (QED) is 0.452. The number of aliphatic hydroxyl groups is 1. The second-order valence-electron chi connectivity index (χ2n) is 13.0. The van der Waals surface area contributed by atoms with Gasteiger partial charge in [0.05, 0.1) is 17.5 Å². The monoisotopic (exact) mass is 557 g/mol. The third kappa shape index (κ3) is 4.12. The molecule has 0 bridgehead atoms. The van der Waals surface area contributed by atoms with Crippen LogP contribution in [0.5, 0.6) is 5.75 Å². The lowest BCUT2D eigenvalue weighted by molar-refractivity contribution is -0.181. The van der Waals surface area contributed by atoms with E-state index in [0.717, 1.165) is 25.9 Å². The first-order valence-electron chi connectivity index (χ1n) is 13.7. The highest BCUT2D eigenvalue weighted by Crippen LogP contribution is 2.51. The summed E-state index contributed by atoms with van der Waals surface area (Å²) in [6.07, 6.45) is 1.68. The zero-order valence-corrected chi connectivity index (χ0v) is 23.2. The Morgan fingerprint density at radius 3 is 2.35 bits per heavy atom. The predicted octanol–water partition coefficient (Wildman–Crippen LogP) is 0.628. The van der Waals surface area contributed by atoms with Crippen molar-refractivity contribution in [3.05, 3.63) is 28.6 Å². The fraction of sp³-hybridized carbons (Fsp3) is 0.621. The Morgan fingerprint density at radius 2 is 1.77 bits per heavy atom. The van der Waals surface area contributed by atoms with Crippen LogP contribution in [-0.4, -0.2) is 87.9 Å². The van der Waals surface area contributed by atoms with E-state index in [-0.39, 0.29) is 41.5 Å². The Morgan fingerprint density at radius 1 is 1.15 bits per heavy atom. The van der Waals surface area contributed by atoms with Crippen molar-refractivity contribution in [1.82, 2.24) is 9.80 Å². The maximum atomic E-state index is 16.0. The van der Waals surface area contributed by atoms with Gasteiger partial charge in [0.2, 0.25) is 5.91 Å². The third-order valence-electron chi connectivity index (χ3n) is 9.67. The number of primary amides is 1. The van der Waals surface area contributed by atoms with E-state index in [4.69, 9.17) is 5.73 Å². The van der Waals surface area contributed by atoms with Gasteiger partial charge in [-0.1, -0.05) is 13.8 Å². The van der Waals surface area contributed by atoms with Gasteiger partial charge in [-0.3, -0.25) is 33.8 Å². The number of nitrogens with two attached hydrogens (primary N) is 1. The molecule has 4 N–H and O–H groups in total. The standard InChI is InChI=1S/C29H36FN3O7/c1-28(2)5-7-33(8-6-28)12-14-11-17(34)19-15(21(14)30)9-13-10-16-22(32(3)4)24(36)20(27(31)39)26(38)29(16,40)25(37)18(13)23(19)35/h11,13,16,18,20,22,34,40H,5-10,12H2,1-4H3,(H2,31,39)/t13-,16-,18?,20?,22-,29-/m0/s1. The minimum atomic E-state index is -2.80. The molecule has 2 unspecified atom stereocenters. The first-order valence-corrected chi connectivity index (χ1v) is 13.7. The summed E-state index contributed by atoms with van der Waals surface area (Å²) in [6.45, 7) is 6.16. The molecule has 6 atom stereocenters. The minimum absolute atomic E-state index is 0.00158. The molecule has 1 saturated heterocycles. The third-order valence-corrected chi connectivity index (χ3v) is 9.67. The van der Waals surface area contributed by atoms with Gasteiger partial charge in [0.1, 0.15) is 11.6 Å². The second kappa shape index (κ2) is 9.53. The number of likely N-dealkylation sites (N-methyl/N-ethyl adjacent to an activating group) is 1. The van der Waals surface area contributed by atoms with E-state index >= 15 is 4.39 Å². The van der Waals surface area contributed by atoms with E-state index < -0.39 is 75.9 Å². The zero-order valence-electron chi connectivity index (χ0n) is 23.2. The number of piperidine rings is 1. The number of hydrogen-bond donors (Lipinski definition) is 3. The van der Waals surface area contributed by atoms with Gasteiger partial charge in [0.25, 0.3) is 0 Å². The number of rotatable bonds is 4. The van der Waals surface area contributed by atoms with Crippen LogP contribution in [0.3, 0.4) is 0 Å². The predicted molar refractivity (Wildman–Crippen MR) is 140 cm³/mol. The number of fused-ring (bicyclic) bond motifs is 3. The number of likely N-dealkylation sites (tertiary alicyclic amines) is 1. The van der Waals surface area contributed by atoms with Crippen molar-refractivity contribution in [1.29, 1.82) is 0 Å². The number of hydrogen-bond acceptors (Lipinski definition) is 9. The Hall–Kier alpha value is -3.02. The molecule has 0 spiro atoms. The topological polar surface area (TPSA) is 158 Å². The Bertz CT molecular complexity index is 1330. The number of aromatic hydroxyl groups is 1. The highest BCUT2D eigenvalue weighted by molar-refractivity contribution is 6.32. The number of carbonyl (C=O) groups excluding carboxylic acids is 5. The molecule has 3 aliphatic carbocycles. The summed E-state index contributed by atoms with van der Waals surface area (Å²) < 4.78 is 16.0. The van der Waals surface area contributed by atoms with Crippen LogP contribution in [0.15, 0.2) is 6.07 Å². The molecule has 1 aromatic carbocycles. The summed E-state index contributed by atoms with van der Waals surface area (Å²) >= 11 is 0. The van der Waals surface area contributed by atoms with Gasteiger partial charge in [0, 0.05) is 23.6 Å². The lowest BCUT2D eigenvalue weighted by Crippen LogP contribution is -2.74. The molecule has 0 aromatic heterocycles. The van der Waals surface area contributed by atoms with E-state index in [2.05, 4.69) is 18.7 Å². The highest BCUT2D eigenvalue weighted by Gasteiger charge is 2.69. The van der Waals surface area contributed by atoms with Crippen LogP contribution in [0.1, 0.15) is 54.6 Å². The Labute approximate surface area is 231 Å². The molecule has 3 fully saturated rings. The fourth-order valence-electron chi connectivity index (χ4n) is 7.38. The van der Waals surface area contributed by atoms with Crippen molar-refractivity contribution >= 4 is 29.0 Å². The van der Waals surface area contributed by atoms with Crippen LogP contribution in [0.25, 0.3) is 0 Å². The van der Waals surface area contributed by atoms with Crippen LogP contribution in [0.4, 0.5) is 4.39 Å². The summed E-state index contributed by atoms with van der Waals surface area (Å²) in [5, 5.41) is 22.5. The second-order valence-corrected chi connectivity index (χ2v) is 13.0. The van der Waals surface area contributed by atoms with Crippen molar-refractivity contribution < 1.29 is 38.6 Å². The molecule has 5 rings (SSSR count). The molecule has 10 nitrogen and oxygen atoms in total. The lowest BCUT2D eigenvalue weighted by atomic mass is 9.52. The van der Waals surface area contributed by atoms with Gasteiger partial charge < -0.3 is 15.9 Å². The average molecular weight is 558 g/mol. The Balaban J connectivity index is 1.53. The van der Waals surface area contributed by atoms with Crippen molar-refractivity contribution in [3.8, 4) is 5.75 Å². The van der Waals surface area contributed by atoms with Crippen molar-refractivity contribution in [2.45, 2.75) is 57.7 Å². The number of amides is 1. The smallest absolute Gasteiger partial charge is 0.235 e. The summed E-state index contributed by atoms with van der Waals surface area (Å²) in [6, 6.07) is 0.0154. The van der Waals surface area contributed by atoms with Crippen molar-refractivity contribution in [3.63, 3.8) is 0 Å².